The first-order valence-electron chi connectivity index (χ1n) is 10.5. The van der Waals surface area contributed by atoms with Crippen LogP contribution in [0.25, 0.3) is 0 Å². The standard InChI is InChI=1S/C23H32N4O2/c1-5-11-26(4)22-14-23(25-16-24-22)27-12-10-21(15-27)29-20-8-6-19(7-9-20)17(2)13-18(3)28/h6-9,14,16-17,21H,5,10-13,15H2,1-4H3/t17-,21-/m1/s1. The van der Waals surface area contributed by atoms with E-state index in [9.17, 15) is 4.79 Å². The van der Waals surface area contributed by atoms with Crippen molar-refractivity contribution in [1.82, 2.24) is 9.97 Å². The molecule has 2 atom stereocenters. The molecule has 1 aliphatic rings. The maximum atomic E-state index is 11.3. The number of aromatic nitrogens is 2. The normalized spacial score (nSPS) is 17.2. The number of hydrogen-bond acceptors (Lipinski definition) is 6. The van der Waals surface area contributed by atoms with Gasteiger partial charge in [0.1, 0.15) is 35.6 Å². The summed E-state index contributed by atoms with van der Waals surface area (Å²) in [6.07, 6.45) is 4.41. The lowest BCUT2D eigenvalue weighted by molar-refractivity contribution is -0.117. The lowest BCUT2D eigenvalue weighted by atomic mass is 9.96. The van der Waals surface area contributed by atoms with Crippen LogP contribution in [0.1, 0.15) is 51.5 Å². The van der Waals surface area contributed by atoms with Gasteiger partial charge in [0.05, 0.1) is 6.54 Å². The van der Waals surface area contributed by atoms with Gasteiger partial charge in [-0.05, 0) is 37.0 Å². The van der Waals surface area contributed by atoms with E-state index >= 15 is 0 Å². The second-order valence-electron chi connectivity index (χ2n) is 8.01. The van der Waals surface area contributed by atoms with Gasteiger partial charge in [-0.1, -0.05) is 26.0 Å². The number of nitrogens with zero attached hydrogens (tertiary/aromatic N) is 4. The van der Waals surface area contributed by atoms with Crippen LogP contribution in [0.3, 0.4) is 0 Å². The molecule has 0 unspecified atom stereocenters. The minimum absolute atomic E-state index is 0.141. The van der Waals surface area contributed by atoms with Crippen LogP contribution < -0.4 is 14.5 Å². The number of carbonyl (C=O) groups is 1. The molecule has 1 fully saturated rings. The zero-order valence-electron chi connectivity index (χ0n) is 18.0. The molecule has 1 aromatic carbocycles. The third kappa shape index (κ3) is 5.68. The van der Waals surface area contributed by atoms with E-state index in [2.05, 4.69) is 58.9 Å². The highest BCUT2D eigenvalue weighted by Gasteiger charge is 2.25. The van der Waals surface area contributed by atoms with Gasteiger partial charge >= 0.3 is 0 Å². The summed E-state index contributed by atoms with van der Waals surface area (Å²) in [6, 6.07) is 10.2. The summed E-state index contributed by atoms with van der Waals surface area (Å²) in [7, 11) is 2.06. The Kier molecular flexibility index (Phi) is 7.07. The highest BCUT2D eigenvalue weighted by atomic mass is 16.5. The molecule has 156 valence electrons. The fraction of sp³-hybridized carbons (Fsp3) is 0.522. The Morgan fingerprint density at radius 2 is 2.07 bits per heavy atom. The van der Waals surface area contributed by atoms with Gasteiger partial charge in [-0.25, -0.2) is 9.97 Å². The Morgan fingerprint density at radius 3 is 2.76 bits per heavy atom. The van der Waals surface area contributed by atoms with Crippen molar-refractivity contribution in [2.45, 2.75) is 52.1 Å². The predicted molar refractivity (Wildman–Crippen MR) is 117 cm³/mol. The second-order valence-corrected chi connectivity index (χ2v) is 8.01. The van der Waals surface area contributed by atoms with E-state index in [0.29, 0.717) is 6.42 Å². The summed E-state index contributed by atoms with van der Waals surface area (Å²) in [6.45, 7) is 8.60. The quantitative estimate of drug-likeness (QED) is 0.637. The van der Waals surface area contributed by atoms with Gasteiger partial charge in [0.2, 0.25) is 0 Å². The number of carbonyl (C=O) groups excluding carboxylic acids is 1. The Bertz CT molecular complexity index is 809. The zero-order valence-corrected chi connectivity index (χ0v) is 18.0. The van der Waals surface area contributed by atoms with Crippen LogP contribution in [0.4, 0.5) is 11.6 Å². The van der Waals surface area contributed by atoms with Gasteiger partial charge in [0, 0.05) is 39.0 Å². The average molecular weight is 397 g/mol. The lowest BCUT2D eigenvalue weighted by Crippen LogP contribution is -2.26. The maximum Gasteiger partial charge on any atom is 0.134 e. The first-order valence-corrected chi connectivity index (χ1v) is 10.5. The van der Waals surface area contributed by atoms with Crippen molar-refractivity contribution in [3.05, 3.63) is 42.2 Å². The fourth-order valence-electron chi connectivity index (χ4n) is 3.82. The minimum atomic E-state index is 0.141. The highest BCUT2D eigenvalue weighted by molar-refractivity contribution is 5.76. The molecule has 0 saturated carbocycles. The number of Topliss-reactive ketones (excluding diaryl/α,β-unsaturated/α-hetero) is 1. The second kappa shape index (κ2) is 9.72. The molecule has 1 saturated heterocycles. The molecule has 3 rings (SSSR count). The summed E-state index contributed by atoms with van der Waals surface area (Å²) in [5, 5.41) is 0. The van der Waals surface area contributed by atoms with Crippen molar-refractivity contribution < 1.29 is 9.53 Å². The molecule has 2 aromatic rings. The first-order chi connectivity index (χ1) is 14.0. The summed E-state index contributed by atoms with van der Waals surface area (Å²) >= 11 is 0. The number of ketones is 1. The van der Waals surface area contributed by atoms with Crippen LogP contribution in [-0.4, -0.2) is 48.5 Å². The lowest BCUT2D eigenvalue weighted by Gasteiger charge is -2.21. The third-order valence-corrected chi connectivity index (χ3v) is 5.40. The molecule has 0 aliphatic carbocycles. The zero-order chi connectivity index (χ0) is 20.8. The van der Waals surface area contributed by atoms with Crippen LogP contribution >= 0.6 is 0 Å². The van der Waals surface area contributed by atoms with Crippen molar-refractivity contribution in [1.29, 1.82) is 0 Å². The van der Waals surface area contributed by atoms with E-state index in [1.54, 1.807) is 13.3 Å². The van der Waals surface area contributed by atoms with Crippen molar-refractivity contribution in [2.75, 3.05) is 36.5 Å². The predicted octanol–water partition coefficient (Wildman–Crippen LogP) is 4.06. The van der Waals surface area contributed by atoms with Gasteiger partial charge in [0.15, 0.2) is 0 Å². The van der Waals surface area contributed by atoms with Gasteiger partial charge in [-0.2, -0.15) is 0 Å². The molecule has 6 nitrogen and oxygen atoms in total. The van der Waals surface area contributed by atoms with Crippen molar-refractivity contribution >= 4 is 17.4 Å². The fourth-order valence-corrected chi connectivity index (χ4v) is 3.82. The van der Waals surface area contributed by atoms with Crippen molar-refractivity contribution in [3.8, 4) is 5.75 Å². The van der Waals surface area contributed by atoms with E-state index in [4.69, 9.17) is 4.74 Å². The topological polar surface area (TPSA) is 58.6 Å². The molecular formula is C23H32N4O2. The highest BCUT2D eigenvalue weighted by Crippen LogP contribution is 2.26. The van der Waals surface area contributed by atoms with E-state index in [1.807, 2.05) is 12.1 Å². The molecule has 0 spiro atoms. The largest absolute Gasteiger partial charge is 0.489 e. The smallest absolute Gasteiger partial charge is 0.134 e. The summed E-state index contributed by atoms with van der Waals surface area (Å²) in [5.41, 5.74) is 1.17. The number of ether oxygens (including phenoxy) is 1. The van der Waals surface area contributed by atoms with Gasteiger partial charge in [-0.3, -0.25) is 0 Å². The number of hydrogen-bond donors (Lipinski definition) is 0. The monoisotopic (exact) mass is 396 g/mol. The SMILES string of the molecule is CCCN(C)c1cc(N2CC[C@@H](Oc3ccc([C@H](C)CC(C)=O)cc3)C2)ncn1. The van der Waals surface area contributed by atoms with Crippen LogP contribution in [0, 0.1) is 0 Å². The van der Waals surface area contributed by atoms with Crippen molar-refractivity contribution in [3.63, 3.8) is 0 Å². The molecule has 0 N–H and O–H groups in total. The number of benzene rings is 1. The molecule has 1 aromatic heterocycles. The van der Waals surface area contributed by atoms with Crippen LogP contribution in [0.5, 0.6) is 5.75 Å². The third-order valence-electron chi connectivity index (χ3n) is 5.40. The Morgan fingerprint density at radius 1 is 1.31 bits per heavy atom. The molecule has 2 heterocycles. The number of anilines is 2. The van der Waals surface area contributed by atoms with E-state index < -0.39 is 0 Å². The first kappa shape index (κ1) is 21.1. The van der Waals surface area contributed by atoms with E-state index in [1.165, 1.54) is 5.56 Å². The molecule has 29 heavy (non-hydrogen) atoms. The molecule has 6 heteroatoms. The van der Waals surface area contributed by atoms with Crippen LogP contribution in [0.15, 0.2) is 36.7 Å². The summed E-state index contributed by atoms with van der Waals surface area (Å²) < 4.78 is 6.20. The molecule has 1 aliphatic heterocycles. The summed E-state index contributed by atoms with van der Waals surface area (Å²) in [5.74, 6) is 3.24. The van der Waals surface area contributed by atoms with Crippen LogP contribution in [0.2, 0.25) is 0 Å². The molecule has 0 bridgehead atoms. The Labute approximate surface area is 173 Å². The Hall–Kier alpha value is -2.63. The van der Waals surface area contributed by atoms with Crippen molar-refractivity contribution in [2.24, 2.45) is 0 Å². The Balaban J connectivity index is 1.57. The van der Waals surface area contributed by atoms with E-state index in [0.717, 1.165) is 49.9 Å². The molecular weight excluding hydrogens is 364 g/mol. The maximum absolute atomic E-state index is 11.3. The molecule has 0 amide bonds. The summed E-state index contributed by atoms with van der Waals surface area (Å²) in [4.78, 5) is 24.6. The van der Waals surface area contributed by atoms with Gasteiger partial charge < -0.3 is 19.3 Å². The average Bonchev–Trinajstić information content (AvgIpc) is 3.17. The number of rotatable bonds is 9. The van der Waals surface area contributed by atoms with Crippen LogP contribution in [-0.2, 0) is 4.79 Å². The van der Waals surface area contributed by atoms with E-state index in [-0.39, 0.29) is 17.8 Å². The van der Waals surface area contributed by atoms with Gasteiger partial charge in [-0.15, -0.1) is 0 Å². The molecule has 0 radical (unpaired) electrons. The minimum Gasteiger partial charge on any atom is -0.489 e. The van der Waals surface area contributed by atoms with Gasteiger partial charge in [0.25, 0.3) is 0 Å².